The second-order valence-corrected chi connectivity index (χ2v) is 10.3. The molecule has 2 amide bonds. The van der Waals surface area contributed by atoms with E-state index in [1.54, 1.807) is 26.0 Å². The molecule has 3 aromatic rings. The Morgan fingerprint density at radius 1 is 0.974 bits per heavy atom. The number of fused-ring (bicyclic) bond motifs is 1. The summed E-state index contributed by atoms with van der Waals surface area (Å²) in [5.41, 5.74) is 1.49. The van der Waals surface area contributed by atoms with Crippen molar-refractivity contribution in [2.45, 2.75) is 51.4 Å². The Balaban J connectivity index is 1.62. The molecule has 0 saturated carbocycles. The van der Waals surface area contributed by atoms with Crippen molar-refractivity contribution in [1.29, 1.82) is 0 Å². The van der Waals surface area contributed by atoms with Crippen molar-refractivity contribution < 1.29 is 29.0 Å². The van der Waals surface area contributed by atoms with Crippen LogP contribution in [0.15, 0.2) is 53.7 Å². The lowest BCUT2D eigenvalue weighted by Crippen LogP contribution is -2.55. The summed E-state index contributed by atoms with van der Waals surface area (Å²) in [4.78, 5) is 58.6. The van der Waals surface area contributed by atoms with E-state index < -0.39 is 42.1 Å². The molecule has 0 aliphatic heterocycles. The van der Waals surface area contributed by atoms with Gasteiger partial charge in [0.1, 0.15) is 11.8 Å². The van der Waals surface area contributed by atoms with Gasteiger partial charge in [-0.25, -0.2) is 9.97 Å². The number of rotatable bonds is 13. The van der Waals surface area contributed by atoms with Gasteiger partial charge in [-0.1, -0.05) is 62.0 Å². The van der Waals surface area contributed by atoms with Gasteiger partial charge in [0.05, 0.1) is 18.2 Å². The Labute approximate surface area is 230 Å². The SMILES string of the molecule is Cc1cc(C)nc(SCC(=O)[C@H](CC(=O)O)NC(=O)[C@@H](NC(=O)COc2cccc3ccccc23)C(C)C)n1. The number of aliphatic carboxylic acids is 1. The number of hydrogen-bond acceptors (Lipinski definition) is 8. The number of benzene rings is 2. The van der Waals surface area contributed by atoms with Crippen LogP contribution in [0.5, 0.6) is 5.75 Å². The number of aryl methyl sites for hydroxylation is 2. The molecule has 3 rings (SSSR count). The van der Waals surface area contributed by atoms with E-state index in [1.807, 2.05) is 50.2 Å². The molecule has 1 aromatic heterocycles. The number of amides is 2. The maximum atomic E-state index is 13.1. The van der Waals surface area contributed by atoms with Crippen molar-refractivity contribution in [1.82, 2.24) is 20.6 Å². The van der Waals surface area contributed by atoms with Crippen LogP contribution in [0.3, 0.4) is 0 Å². The third-order valence-corrected chi connectivity index (χ3v) is 6.63. The molecule has 3 N–H and O–H groups in total. The fraction of sp³-hybridized carbons (Fsp3) is 0.357. The van der Waals surface area contributed by atoms with E-state index in [1.165, 1.54) is 0 Å². The predicted octanol–water partition coefficient (Wildman–Crippen LogP) is 3.09. The first-order valence-electron chi connectivity index (χ1n) is 12.4. The van der Waals surface area contributed by atoms with Crippen LogP contribution < -0.4 is 15.4 Å². The Kier molecular flexibility index (Phi) is 10.4. The van der Waals surface area contributed by atoms with Crippen LogP contribution >= 0.6 is 11.8 Å². The summed E-state index contributed by atoms with van der Waals surface area (Å²) in [5.74, 6) is -2.85. The Morgan fingerprint density at radius 2 is 1.64 bits per heavy atom. The number of Topliss-reactive ketones (excluding diaryl/α,β-unsaturated/α-hetero) is 1. The molecule has 11 heteroatoms. The second-order valence-electron chi connectivity index (χ2n) is 9.40. The summed E-state index contributed by atoms with van der Waals surface area (Å²) in [7, 11) is 0. The smallest absolute Gasteiger partial charge is 0.305 e. The number of aromatic nitrogens is 2. The van der Waals surface area contributed by atoms with Crippen molar-refractivity contribution in [3.63, 3.8) is 0 Å². The van der Waals surface area contributed by atoms with Crippen LogP contribution in [0.25, 0.3) is 10.8 Å². The zero-order valence-corrected chi connectivity index (χ0v) is 23.1. The van der Waals surface area contributed by atoms with Gasteiger partial charge in [-0.2, -0.15) is 0 Å². The van der Waals surface area contributed by atoms with Gasteiger partial charge in [-0.3, -0.25) is 19.2 Å². The molecule has 0 bridgehead atoms. The van der Waals surface area contributed by atoms with E-state index in [9.17, 15) is 24.3 Å². The van der Waals surface area contributed by atoms with Crippen LogP contribution in [-0.4, -0.2) is 63.1 Å². The van der Waals surface area contributed by atoms with E-state index >= 15 is 0 Å². The minimum Gasteiger partial charge on any atom is -0.483 e. The third kappa shape index (κ3) is 8.78. The highest BCUT2D eigenvalue weighted by molar-refractivity contribution is 7.99. The van der Waals surface area contributed by atoms with Gasteiger partial charge < -0.3 is 20.5 Å². The number of ether oxygens (including phenoxy) is 1. The molecular formula is C28H32N4O6S. The van der Waals surface area contributed by atoms with Gasteiger partial charge in [0.15, 0.2) is 17.5 Å². The summed E-state index contributed by atoms with van der Waals surface area (Å²) >= 11 is 1.07. The van der Waals surface area contributed by atoms with Gasteiger partial charge in [0, 0.05) is 16.8 Å². The number of carbonyl (C=O) groups excluding carboxylic acids is 3. The maximum Gasteiger partial charge on any atom is 0.305 e. The van der Waals surface area contributed by atoms with Crippen LogP contribution in [0, 0.1) is 19.8 Å². The summed E-state index contributed by atoms with van der Waals surface area (Å²) in [6.45, 7) is 6.76. The van der Waals surface area contributed by atoms with Crippen LogP contribution in [0.4, 0.5) is 0 Å². The number of hydrogen-bond donors (Lipinski definition) is 3. The van der Waals surface area contributed by atoms with E-state index in [2.05, 4.69) is 20.6 Å². The van der Waals surface area contributed by atoms with Crippen molar-refractivity contribution in [3.05, 3.63) is 59.9 Å². The average molecular weight is 553 g/mol. The fourth-order valence-corrected chi connectivity index (χ4v) is 4.78. The first-order valence-corrected chi connectivity index (χ1v) is 13.4. The predicted molar refractivity (Wildman–Crippen MR) is 148 cm³/mol. The van der Waals surface area contributed by atoms with E-state index in [0.29, 0.717) is 10.9 Å². The number of nitrogens with zero attached hydrogens (tertiary/aromatic N) is 2. The normalized spacial score (nSPS) is 12.5. The summed E-state index contributed by atoms with van der Waals surface area (Å²) < 4.78 is 5.71. The van der Waals surface area contributed by atoms with Gasteiger partial charge in [-0.05, 0) is 37.3 Å². The molecular weight excluding hydrogens is 520 g/mol. The molecule has 2 aromatic carbocycles. The first kappa shape index (κ1) is 29.6. The highest BCUT2D eigenvalue weighted by Gasteiger charge is 2.30. The van der Waals surface area contributed by atoms with Gasteiger partial charge >= 0.3 is 5.97 Å². The van der Waals surface area contributed by atoms with Crippen molar-refractivity contribution >= 4 is 46.1 Å². The molecule has 0 spiro atoms. The molecule has 10 nitrogen and oxygen atoms in total. The van der Waals surface area contributed by atoms with Crippen molar-refractivity contribution in [2.75, 3.05) is 12.4 Å². The number of carboxylic acids is 1. The standard InChI is InChI=1S/C28H32N4O6S/c1-16(2)26(32-24(34)14-38-23-11-7-9-19-8-5-6-10-20(19)23)27(37)31-21(13-25(35)36)22(33)15-39-28-29-17(3)12-18(4)30-28/h5-12,16,21,26H,13-15H2,1-4H3,(H,31,37)(H,32,34)(H,35,36)/t21-,26-/m0/s1. The molecule has 0 aliphatic rings. The first-order chi connectivity index (χ1) is 18.5. The molecule has 1 heterocycles. The Morgan fingerprint density at radius 3 is 2.31 bits per heavy atom. The van der Waals surface area contributed by atoms with E-state index in [4.69, 9.17) is 4.74 Å². The number of ketones is 1. The summed E-state index contributed by atoms with van der Waals surface area (Å²) in [6, 6.07) is 12.6. The van der Waals surface area contributed by atoms with Gasteiger partial charge in [-0.15, -0.1) is 0 Å². The van der Waals surface area contributed by atoms with Crippen molar-refractivity contribution in [3.8, 4) is 5.75 Å². The second kappa shape index (κ2) is 13.7. The molecule has 0 aliphatic carbocycles. The van der Waals surface area contributed by atoms with Gasteiger partial charge in [0.25, 0.3) is 5.91 Å². The largest absolute Gasteiger partial charge is 0.483 e. The molecule has 2 atom stereocenters. The van der Waals surface area contributed by atoms with Gasteiger partial charge in [0.2, 0.25) is 5.91 Å². The number of carbonyl (C=O) groups is 4. The average Bonchev–Trinajstić information content (AvgIpc) is 2.87. The fourth-order valence-electron chi connectivity index (χ4n) is 3.89. The molecule has 206 valence electrons. The minimum absolute atomic E-state index is 0.126. The lowest BCUT2D eigenvalue weighted by Gasteiger charge is -2.24. The molecule has 0 saturated heterocycles. The highest BCUT2D eigenvalue weighted by atomic mass is 32.2. The number of thioether (sulfide) groups is 1. The summed E-state index contributed by atoms with van der Waals surface area (Å²) in [5, 5.41) is 16.7. The van der Waals surface area contributed by atoms with E-state index in [-0.39, 0.29) is 18.3 Å². The highest BCUT2D eigenvalue weighted by Crippen LogP contribution is 2.25. The molecule has 0 fully saturated rings. The molecule has 39 heavy (non-hydrogen) atoms. The van der Waals surface area contributed by atoms with Crippen LogP contribution in [0.1, 0.15) is 31.7 Å². The zero-order valence-electron chi connectivity index (χ0n) is 22.3. The minimum atomic E-state index is -1.28. The van der Waals surface area contributed by atoms with Crippen LogP contribution in [0.2, 0.25) is 0 Å². The summed E-state index contributed by atoms with van der Waals surface area (Å²) in [6.07, 6.45) is -0.595. The Hall–Kier alpha value is -3.99. The quantitative estimate of drug-likeness (QED) is 0.215. The van der Waals surface area contributed by atoms with Crippen molar-refractivity contribution in [2.24, 2.45) is 5.92 Å². The number of carboxylic acid groups (broad SMARTS) is 1. The lowest BCUT2D eigenvalue weighted by molar-refractivity contribution is -0.140. The van der Waals surface area contributed by atoms with Crippen LogP contribution in [-0.2, 0) is 19.2 Å². The Bertz CT molecular complexity index is 1340. The third-order valence-electron chi connectivity index (χ3n) is 5.76. The van der Waals surface area contributed by atoms with E-state index in [0.717, 1.165) is 33.9 Å². The maximum absolute atomic E-state index is 13.1. The topological polar surface area (TPSA) is 148 Å². The molecule has 0 unspecified atom stereocenters. The number of nitrogens with one attached hydrogen (secondary N) is 2. The monoisotopic (exact) mass is 552 g/mol. The lowest BCUT2D eigenvalue weighted by atomic mass is 10.0. The zero-order chi connectivity index (χ0) is 28.5. The molecule has 0 radical (unpaired) electrons.